The molecule has 0 N–H and O–H groups in total. The van der Waals surface area contributed by atoms with Crippen molar-refractivity contribution < 1.29 is 9.53 Å². The van der Waals surface area contributed by atoms with Crippen LogP contribution in [0.1, 0.15) is 50.2 Å². The van der Waals surface area contributed by atoms with Crippen LogP contribution in [0.25, 0.3) is 5.69 Å². The fourth-order valence-electron chi connectivity index (χ4n) is 4.87. The van der Waals surface area contributed by atoms with Crippen LogP contribution in [0.2, 0.25) is 0 Å². The minimum Gasteiger partial charge on any atom is -0.494 e. The average Bonchev–Trinajstić information content (AvgIpc) is 3.20. The second-order valence-electron chi connectivity index (χ2n) is 10.2. The molecule has 1 amide bonds. The lowest BCUT2D eigenvalue weighted by Crippen LogP contribution is -2.37. The third-order valence-electron chi connectivity index (χ3n) is 6.51. The van der Waals surface area contributed by atoms with Crippen LogP contribution in [-0.2, 0) is 30.8 Å². The van der Waals surface area contributed by atoms with Gasteiger partial charge in [-0.2, -0.15) is 5.10 Å². The number of benzene rings is 2. The largest absolute Gasteiger partial charge is 0.494 e. The maximum Gasteiger partial charge on any atom is 0.225 e. The second-order valence-corrected chi connectivity index (χ2v) is 10.2. The number of fused-ring (bicyclic) bond motifs is 1. The lowest BCUT2D eigenvalue weighted by molar-refractivity contribution is -0.135. The summed E-state index contributed by atoms with van der Waals surface area (Å²) in [7, 11) is 1.70. The van der Waals surface area contributed by atoms with Crippen LogP contribution >= 0.6 is 0 Å². The molecule has 0 spiro atoms. The number of carbonyl (C=O) groups is 1. The van der Waals surface area contributed by atoms with Crippen molar-refractivity contribution in [1.29, 1.82) is 0 Å². The van der Waals surface area contributed by atoms with E-state index in [-0.39, 0.29) is 11.8 Å². The summed E-state index contributed by atoms with van der Waals surface area (Å²) < 4.78 is 7.72. The number of ether oxygens (including phenoxy) is 1. The first-order valence-corrected chi connectivity index (χ1v) is 12.7. The van der Waals surface area contributed by atoms with E-state index in [0.29, 0.717) is 12.5 Å². The van der Waals surface area contributed by atoms with Crippen LogP contribution in [0.4, 0.5) is 0 Å². The Morgan fingerprint density at radius 3 is 2.46 bits per heavy atom. The molecule has 0 aliphatic carbocycles. The van der Waals surface area contributed by atoms with E-state index >= 15 is 0 Å². The van der Waals surface area contributed by atoms with Crippen LogP contribution < -0.4 is 4.74 Å². The Morgan fingerprint density at radius 2 is 1.77 bits per heavy atom. The fraction of sp³-hybridized carbons (Fsp3) is 0.448. The lowest BCUT2D eigenvalue weighted by Gasteiger charge is -2.29. The third kappa shape index (κ3) is 5.76. The minimum absolute atomic E-state index is 0.0459. The third-order valence-corrected chi connectivity index (χ3v) is 6.51. The molecular formula is C29H38N4O2. The molecule has 35 heavy (non-hydrogen) atoms. The number of para-hydroxylation sites is 2. The molecule has 0 fully saturated rings. The molecule has 1 aromatic heterocycles. The molecule has 0 saturated carbocycles. The highest BCUT2D eigenvalue weighted by atomic mass is 16.5. The monoisotopic (exact) mass is 474 g/mol. The van der Waals surface area contributed by atoms with Crippen molar-refractivity contribution in [3.8, 4) is 11.4 Å². The first-order chi connectivity index (χ1) is 16.9. The standard InChI is InChI=1S/C29H38N4O2/c1-21(2)17-32(29(34)22(3)4)20-25-24-19-31(18-23-11-7-6-8-12-23)16-15-26(24)33(30-25)27-13-9-10-14-28(27)35-5/h6-14,21-22H,15-20H2,1-5H3. The van der Waals surface area contributed by atoms with Crippen molar-refractivity contribution in [2.45, 2.75) is 53.8 Å². The Kier molecular flexibility index (Phi) is 7.91. The van der Waals surface area contributed by atoms with Crippen molar-refractivity contribution in [3.05, 3.63) is 77.1 Å². The van der Waals surface area contributed by atoms with Crippen molar-refractivity contribution in [2.24, 2.45) is 11.8 Å². The molecule has 0 bridgehead atoms. The van der Waals surface area contributed by atoms with Crippen LogP contribution in [0, 0.1) is 11.8 Å². The smallest absolute Gasteiger partial charge is 0.225 e. The summed E-state index contributed by atoms with van der Waals surface area (Å²) in [6.45, 7) is 12.2. The SMILES string of the molecule is COc1ccccc1-n1nc(CN(CC(C)C)C(=O)C(C)C)c2c1CCN(Cc1ccccc1)C2. The lowest BCUT2D eigenvalue weighted by atomic mass is 10.0. The van der Waals surface area contributed by atoms with Gasteiger partial charge in [0.2, 0.25) is 5.91 Å². The first kappa shape index (κ1) is 25.0. The maximum absolute atomic E-state index is 13.1. The van der Waals surface area contributed by atoms with E-state index in [1.54, 1.807) is 7.11 Å². The highest BCUT2D eigenvalue weighted by Gasteiger charge is 2.29. The number of aromatic nitrogens is 2. The Balaban J connectivity index is 1.72. The van der Waals surface area contributed by atoms with Crippen molar-refractivity contribution in [2.75, 3.05) is 20.2 Å². The van der Waals surface area contributed by atoms with Gasteiger partial charge in [-0.3, -0.25) is 9.69 Å². The minimum atomic E-state index is -0.0459. The van der Waals surface area contributed by atoms with E-state index in [1.165, 1.54) is 16.8 Å². The highest BCUT2D eigenvalue weighted by molar-refractivity contribution is 5.78. The predicted octanol–water partition coefficient (Wildman–Crippen LogP) is 5.08. The van der Waals surface area contributed by atoms with E-state index in [1.807, 2.05) is 36.9 Å². The Labute approximate surface area is 209 Å². The molecule has 2 heterocycles. The van der Waals surface area contributed by atoms with E-state index in [0.717, 1.165) is 49.7 Å². The summed E-state index contributed by atoms with van der Waals surface area (Å²) in [5, 5.41) is 5.12. The molecule has 0 saturated heterocycles. The summed E-state index contributed by atoms with van der Waals surface area (Å²) >= 11 is 0. The quantitative estimate of drug-likeness (QED) is 0.434. The van der Waals surface area contributed by atoms with Gasteiger partial charge in [0.15, 0.2) is 0 Å². The van der Waals surface area contributed by atoms with Crippen molar-refractivity contribution in [1.82, 2.24) is 19.6 Å². The van der Waals surface area contributed by atoms with Gasteiger partial charge in [0.1, 0.15) is 11.4 Å². The van der Waals surface area contributed by atoms with Gasteiger partial charge in [0.05, 0.1) is 25.0 Å². The Bertz CT molecular complexity index is 1140. The number of hydrogen-bond donors (Lipinski definition) is 0. The summed E-state index contributed by atoms with van der Waals surface area (Å²) in [6, 6.07) is 18.6. The molecule has 0 radical (unpaired) electrons. The molecule has 0 unspecified atom stereocenters. The maximum atomic E-state index is 13.1. The molecule has 6 heteroatoms. The summed E-state index contributed by atoms with van der Waals surface area (Å²) in [6.07, 6.45) is 0.898. The average molecular weight is 475 g/mol. The zero-order valence-electron chi connectivity index (χ0n) is 21.7. The Hall–Kier alpha value is -3.12. The number of carbonyl (C=O) groups excluding carboxylic acids is 1. The Morgan fingerprint density at radius 1 is 1.06 bits per heavy atom. The number of amides is 1. The molecule has 1 aliphatic heterocycles. The van der Waals surface area contributed by atoms with Gasteiger partial charge in [-0.05, 0) is 23.6 Å². The van der Waals surface area contributed by atoms with Crippen LogP contribution in [0.5, 0.6) is 5.75 Å². The molecule has 1 aliphatic rings. The van der Waals surface area contributed by atoms with Gasteiger partial charge < -0.3 is 9.64 Å². The van der Waals surface area contributed by atoms with E-state index < -0.39 is 0 Å². The zero-order valence-corrected chi connectivity index (χ0v) is 21.7. The van der Waals surface area contributed by atoms with Crippen molar-refractivity contribution in [3.63, 3.8) is 0 Å². The molecule has 0 atom stereocenters. The molecule has 186 valence electrons. The summed E-state index contributed by atoms with van der Waals surface area (Å²) in [4.78, 5) is 17.6. The van der Waals surface area contributed by atoms with Gasteiger partial charge >= 0.3 is 0 Å². The van der Waals surface area contributed by atoms with Crippen LogP contribution in [-0.4, -0.2) is 45.7 Å². The van der Waals surface area contributed by atoms with E-state index in [2.05, 4.69) is 59.8 Å². The zero-order chi connectivity index (χ0) is 24.9. The van der Waals surface area contributed by atoms with Crippen molar-refractivity contribution >= 4 is 5.91 Å². The molecule has 3 aromatic rings. The second kappa shape index (κ2) is 11.1. The van der Waals surface area contributed by atoms with Crippen LogP contribution in [0.3, 0.4) is 0 Å². The van der Waals surface area contributed by atoms with Gasteiger partial charge in [-0.15, -0.1) is 0 Å². The van der Waals surface area contributed by atoms with Gasteiger partial charge in [0, 0.05) is 44.1 Å². The normalized spacial score (nSPS) is 13.8. The van der Waals surface area contributed by atoms with E-state index in [9.17, 15) is 4.79 Å². The molecular weight excluding hydrogens is 436 g/mol. The van der Waals surface area contributed by atoms with Gasteiger partial charge in [-0.1, -0.05) is 70.2 Å². The molecule has 4 rings (SSSR count). The highest BCUT2D eigenvalue weighted by Crippen LogP contribution is 2.31. The van der Waals surface area contributed by atoms with Gasteiger partial charge in [-0.25, -0.2) is 4.68 Å². The number of nitrogens with zero attached hydrogens (tertiary/aromatic N) is 4. The van der Waals surface area contributed by atoms with E-state index in [4.69, 9.17) is 9.84 Å². The summed E-state index contributed by atoms with van der Waals surface area (Å²) in [5.74, 6) is 1.32. The summed E-state index contributed by atoms with van der Waals surface area (Å²) in [5.41, 5.74) is 5.70. The number of rotatable bonds is 9. The van der Waals surface area contributed by atoms with Gasteiger partial charge in [0.25, 0.3) is 0 Å². The number of hydrogen-bond acceptors (Lipinski definition) is 4. The molecule has 6 nitrogen and oxygen atoms in total. The fourth-order valence-corrected chi connectivity index (χ4v) is 4.87. The predicted molar refractivity (Wildman–Crippen MR) is 139 cm³/mol. The topological polar surface area (TPSA) is 50.6 Å². The van der Waals surface area contributed by atoms with Crippen LogP contribution in [0.15, 0.2) is 54.6 Å². The number of methoxy groups -OCH3 is 1. The first-order valence-electron chi connectivity index (χ1n) is 12.7. The molecule has 2 aromatic carbocycles.